The lowest BCUT2D eigenvalue weighted by molar-refractivity contribution is 0.313. The third-order valence-electron chi connectivity index (χ3n) is 2.96. The van der Waals surface area contributed by atoms with Crippen LogP contribution in [0.3, 0.4) is 0 Å². The van der Waals surface area contributed by atoms with Gasteiger partial charge in [0.25, 0.3) is 0 Å². The molecule has 0 amide bonds. The SMILES string of the molecule is COc1ccc(OCCCN=C(N)Nc2ccccc2)cc1.I. The molecule has 5 nitrogen and oxygen atoms in total. The van der Waals surface area contributed by atoms with Gasteiger partial charge in [-0.1, -0.05) is 18.2 Å². The zero-order valence-electron chi connectivity index (χ0n) is 13.1. The molecule has 0 spiro atoms. The van der Waals surface area contributed by atoms with E-state index in [1.165, 1.54) is 0 Å². The van der Waals surface area contributed by atoms with E-state index in [9.17, 15) is 0 Å². The molecule has 0 saturated carbocycles. The third kappa shape index (κ3) is 7.23. The normalized spacial score (nSPS) is 10.6. The van der Waals surface area contributed by atoms with Gasteiger partial charge in [-0.3, -0.25) is 4.99 Å². The summed E-state index contributed by atoms with van der Waals surface area (Å²) in [6, 6.07) is 17.2. The number of halogens is 1. The molecule has 0 unspecified atom stereocenters. The molecule has 124 valence electrons. The number of anilines is 1. The average Bonchev–Trinajstić information content (AvgIpc) is 2.56. The predicted octanol–water partition coefficient (Wildman–Crippen LogP) is 3.51. The Morgan fingerprint density at radius 1 is 1.04 bits per heavy atom. The number of ether oxygens (including phenoxy) is 2. The van der Waals surface area contributed by atoms with Gasteiger partial charge in [0, 0.05) is 18.7 Å². The highest BCUT2D eigenvalue weighted by Crippen LogP contribution is 2.16. The molecule has 0 fully saturated rings. The van der Waals surface area contributed by atoms with E-state index in [1.807, 2.05) is 54.6 Å². The van der Waals surface area contributed by atoms with Crippen LogP contribution < -0.4 is 20.5 Å². The van der Waals surface area contributed by atoms with Gasteiger partial charge in [0.2, 0.25) is 0 Å². The topological polar surface area (TPSA) is 68.9 Å². The van der Waals surface area contributed by atoms with Crippen LogP contribution in [0.25, 0.3) is 0 Å². The lowest BCUT2D eigenvalue weighted by Crippen LogP contribution is -2.23. The first-order chi connectivity index (χ1) is 10.8. The minimum Gasteiger partial charge on any atom is -0.497 e. The summed E-state index contributed by atoms with van der Waals surface area (Å²) < 4.78 is 10.7. The molecule has 6 heteroatoms. The van der Waals surface area contributed by atoms with E-state index < -0.39 is 0 Å². The van der Waals surface area contributed by atoms with Crippen LogP contribution in [0, 0.1) is 0 Å². The third-order valence-corrected chi connectivity index (χ3v) is 2.96. The molecule has 0 aliphatic carbocycles. The van der Waals surface area contributed by atoms with Gasteiger partial charge >= 0.3 is 0 Å². The van der Waals surface area contributed by atoms with Gasteiger partial charge in [0.1, 0.15) is 11.5 Å². The van der Waals surface area contributed by atoms with Crippen molar-refractivity contribution in [3.63, 3.8) is 0 Å². The predicted molar refractivity (Wildman–Crippen MR) is 105 cm³/mol. The number of para-hydroxylation sites is 1. The summed E-state index contributed by atoms with van der Waals surface area (Å²) in [5.41, 5.74) is 6.74. The molecule has 0 radical (unpaired) electrons. The fraction of sp³-hybridized carbons (Fsp3) is 0.235. The highest BCUT2D eigenvalue weighted by Gasteiger charge is 1.96. The Balaban J connectivity index is 0.00000264. The first kappa shape index (κ1) is 19.1. The number of rotatable bonds is 7. The van der Waals surface area contributed by atoms with Crippen molar-refractivity contribution in [3.8, 4) is 11.5 Å². The first-order valence-electron chi connectivity index (χ1n) is 7.17. The van der Waals surface area contributed by atoms with Crippen LogP contribution in [0.2, 0.25) is 0 Å². The number of methoxy groups -OCH3 is 1. The Bertz CT molecular complexity index is 589. The molecule has 0 aliphatic heterocycles. The van der Waals surface area contributed by atoms with Gasteiger partial charge in [-0.2, -0.15) is 0 Å². The Kier molecular flexibility index (Phi) is 8.89. The van der Waals surface area contributed by atoms with Gasteiger partial charge in [-0.15, -0.1) is 24.0 Å². The molecule has 2 aromatic rings. The molecule has 0 aromatic heterocycles. The van der Waals surface area contributed by atoms with Crippen molar-refractivity contribution in [2.24, 2.45) is 10.7 Å². The molecule has 0 bridgehead atoms. The lowest BCUT2D eigenvalue weighted by Gasteiger charge is -2.07. The molecular formula is C17H22IN3O2. The second-order valence-electron chi connectivity index (χ2n) is 4.64. The minimum absolute atomic E-state index is 0. The number of benzene rings is 2. The molecule has 2 aromatic carbocycles. The molecule has 0 aliphatic rings. The van der Waals surface area contributed by atoms with Gasteiger partial charge in [0.05, 0.1) is 13.7 Å². The summed E-state index contributed by atoms with van der Waals surface area (Å²) in [5, 5.41) is 3.04. The van der Waals surface area contributed by atoms with Crippen LogP contribution >= 0.6 is 24.0 Å². The van der Waals surface area contributed by atoms with Gasteiger partial charge in [0.15, 0.2) is 5.96 Å². The number of hydrogen-bond donors (Lipinski definition) is 2. The molecule has 23 heavy (non-hydrogen) atoms. The number of guanidine groups is 1. The first-order valence-corrected chi connectivity index (χ1v) is 7.17. The number of aliphatic imine (C=N–C) groups is 1. The number of hydrogen-bond acceptors (Lipinski definition) is 3. The van der Waals surface area contributed by atoms with Crippen LogP contribution in [0.15, 0.2) is 59.6 Å². The summed E-state index contributed by atoms with van der Waals surface area (Å²) in [5.74, 6) is 2.05. The van der Waals surface area contributed by atoms with Crippen molar-refractivity contribution in [2.75, 3.05) is 25.6 Å². The highest BCUT2D eigenvalue weighted by molar-refractivity contribution is 14.0. The summed E-state index contributed by atoms with van der Waals surface area (Å²) in [6.45, 7) is 1.20. The highest BCUT2D eigenvalue weighted by atomic mass is 127. The number of nitrogens with zero attached hydrogens (tertiary/aromatic N) is 1. The van der Waals surface area contributed by atoms with E-state index in [4.69, 9.17) is 15.2 Å². The Morgan fingerprint density at radius 3 is 2.35 bits per heavy atom. The van der Waals surface area contributed by atoms with Crippen LogP contribution in [0.5, 0.6) is 11.5 Å². The summed E-state index contributed by atoms with van der Waals surface area (Å²) in [7, 11) is 1.64. The van der Waals surface area contributed by atoms with E-state index in [0.29, 0.717) is 19.1 Å². The van der Waals surface area contributed by atoms with Crippen LogP contribution in [-0.4, -0.2) is 26.2 Å². The van der Waals surface area contributed by atoms with E-state index in [2.05, 4.69) is 10.3 Å². The van der Waals surface area contributed by atoms with Crippen molar-refractivity contribution in [1.82, 2.24) is 0 Å². The van der Waals surface area contributed by atoms with Gasteiger partial charge < -0.3 is 20.5 Å². The fourth-order valence-corrected chi connectivity index (χ4v) is 1.83. The maximum Gasteiger partial charge on any atom is 0.193 e. The van der Waals surface area contributed by atoms with Crippen molar-refractivity contribution in [1.29, 1.82) is 0 Å². The quantitative estimate of drug-likeness (QED) is 0.307. The molecule has 0 heterocycles. The number of nitrogens with two attached hydrogens (primary N) is 1. The molecule has 3 N–H and O–H groups in total. The van der Waals surface area contributed by atoms with E-state index in [0.717, 1.165) is 23.6 Å². The van der Waals surface area contributed by atoms with Crippen molar-refractivity contribution < 1.29 is 9.47 Å². The maximum absolute atomic E-state index is 5.82. The zero-order valence-corrected chi connectivity index (χ0v) is 15.4. The maximum atomic E-state index is 5.82. The average molecular weight is 427 g/mol. The molecular weight excluding hydrogens is 405 g/mol. The van der Waals surface area contributed by atoms with Crippen LogP contribution in [0.1, 0.15) is 6.42 Å². The van der Waals surface area contributed by atoms with Crippen LogP contribution in [0.4, 0.5) is 5.69 Å². The van der Waals surface area contributed by atoms with E-state index in [-0.39, 0.29) is 24.0 Å². The Hall–Kier alpha value is -1.96. The number of nitrogens with one attached hydrogen (secondary N) is 1. The zero-order chi connectivity index (χ0) is 15.6. The van der Waals surface area contributed by atoms with Crippen molar-refractivity contribution in [3.05, 3.63) is 54.6 Å². The monoisotopic (exact) mass is 427 g/mol. The van der Waals surface area contributed by atoms with E-state index in [1.54, 1.807) is 7.11 Å². The standard InChI is InChI=1S/C17H21N3O2.HI/c1-21-15-8-10-16(11-9-15)22-13-5-12-19-17(18)20-14-6-3-2-4-7-14;/h2-4,6-11H,5,12-13H2,1H3,(H3,18,19,20);1H. The largest absolute Gasteiger partial charge is 0.497 e. The minimum atomic E-state index is 0. The fourth-order valence-electron chi connectivity index (χ4n) is 1.83. The van der Waals surface area contributed by atoms with Crippen molar-refractivity contribution >= 4 is 35.6 Å². The Labute approximate surface area is 153 Å². The van der Waals surface area contributed by atoms with Gasteiger partial charge in [-0.05, 0) is 36.4 Å². The van der Waals surface area contributed by atoms with Crippen molar-refractivity contribution in [2.45, 2.75) is 6.42 Å². The molecule has 0 atom stereocenters. The molecule has 0 saturated heterocycles. The second-order valence-corrected chi connectivity index (χ2v) is 4.64. The summed E-state index contributed by atoms with van der Waals surface area (Å²) in [4.78, 5) is 4.26. The molecule has 2 rings (SSSR count). The second kappa shape index (κ2) is 10.7. The van der Waals surface area contributed by atoms with E-state index >= 15 is 0 Å². The van der Waals surface area contributed by atoms with Gasteiger partial charge in [-0.25, -0.2) is 0 Å². The Morgan fingerprint density at radius 2 is 1.70 bits per heavy atom. The smallest absolute Gasteiger partial charge is 0.193 e. The lowest BCUT2D eigenvalue weighted by atomic mass is 10.3. The summed E-state index contributed by atoms with van der Waals surface area (Å²) >= 11 is 0. The van der Waals surface area contributed by atoms with Crippen LogP contribution in [-0.2, 0) is 0 Å². The summed E-state index contributed by atoms with van der Waals surface area (Å²) in [6.07, 6.45) is 0.795.